The highest BCUT2D eigenvalue weighted by Gasteiger charge is 2.12. The van der Waals surface area contributed by atoms with Crippen LogP contribution in [-0.2, 0) is 11.2 Å². The van der Waals surface area contributed by atoms with E-state index < -0.39 is 0 Å². The Bertz CT molecular complexity index is 941. The van der Waals surface area contributed by atoms with Crippen LogP contribution in [0, 0.1) is 6.92 Å². The maximum atomic E-state index is 12.2. The second kappa shape index (κ2) is 9.27. The fraction of sp³-hybridized carbons (Fsp3) is 0.250. The second-order valence-electron chi connectivity index (χ2n) is 6.03. The average Bonchev–Trinajstić information content (AvgIpc) is 3.14. The molecular formula is C20H21N3O4S. The molecule has 0 aliphatic rings. The number of nitrogens with zero attached hydrogens (tertiary/aromatic N) is 2. The first-order chi connectivity index (χ1) is 13.6. The molecule has 7 nitrogen and oxygen atoms in total. The summed E-state index contributed by atoms with van der Waals surface area (Å²) in [5.41, 5.74) is 2.70. The van der Waals surface area contributed by atoms with Crippen molar-refractivity contribution in [2.24, 2.45) is 0 Å². The van der Waals surface area contributed by atoms with Crippen LogP contribution in [-0.4, -0.2) is 36.1 Å². The molecule has 0 atom stereocenters. The lowest BCUT2D eigenvalue weighted by molar-refractivity contribution is -0.113. The summed E-state index contributed by atoms with van der Waals surface area (Å²) in [6, 6.07) is 13.3. The zero-order chi connectivity index (χ0) is 19.9. The number of rotatable bonds is 8. The van der Waals surface area contributed by atoms with Crippen molar-refractivity contribution in [3.8, 4) is 11.5 Å². The van der Waals surface area contributed by atoms with Crippen LogP contribution in [0.5, 0.6) is 11.5 Å². The predicted molar refractivity (Wildman–Crippen MR) is 107 cm³/mol. The van der Waals surface area contributed by atoms with Gasteiger partial charge in [0.1, 0.15) is 11.5 Å². The quantitative estimate of drug-likeness (QED) is 0.578. The fourth-order valence-electron chi connectivity index (χ4n) is 2.52. The number of hydrogen-bond donors (Lipinski definition) is 1. The van der Waals surface area contributed by atoms with E-state index in [2.05, 4.69) is 15.5 Å². The minimum Gasteiger partial charge on any atom is -0.497 e. The molecule has 0 bridgehead atoms. The Hall–Kier alpha value is -3.00. The van der Waals surface area contributed by atoms with Gasteiger partial charge in [-0.3, -0.25) is 4.79 Å². The molecule has 0 aliphatic heterocycles. The molecule has 0 aliphatic carbocycles. The van der Waals surface area contributed by atoms with Crippen LogP contribution >= 0.6 is 11.8 Å². The van der Waals surface area contributed by atoms with Crippen molar-refractivity contribution in [3.63, 3.8) is 0 Å². The monoisotopic (exact) mass is 399 g/mol. The van der Waals surface area contributed by atoms with Gasteiger partial charge in [-0.1, -0.05) is 30.0 Å². The average molecular weight is 399 g/mol. The van der Waals surface area contributed by atoms with Crippen LogP contribution in [0.3, 0.4) is 0 Å². The number of benzene rings is 2. The molecule has 2 aromatic carbocycles. The smallest absolute Gasteiger partial charge is 0.277 e. The number of nitrogens with one attached hydrogen (secondary N) is 1. The molecule has 0 spiro atoms. The Morgan fingerprint density at radius 2 is 1.89 bits per heavy atom. The van der Waals surface area contributed by atoms with Gasteiger partial charge in [0.15, 0.2) is 0 Å². The van der Waals surface area contributed by atoms with Crippen LogP contribution in [0.4, 0.5) is 5.69 Å². The van der Waals surface area contributed by atoms with Crippen LogP contribution in [0.25, 0.3) is 0 Å². The normalized spacial score (nSPS) is 10.5. The van der Waals surface area contributed by atoms with Crippen molar-refractivity contribution in [3.05, 3.63) is 59.5 Å². The first-order valence-electron chi connectivity index (χ1n) is 8.60. The third-order valence-corrected chi connectivity index (χ3v) is 4.74. The number of methoxy groups -OCH3 is 2. The minimum absolute atomic E-state index is 0.154. The first-order valence-corrected chi connectivity index (χ1v) is 9.58. The summed E-state index contributed by atoms with van der Waals surface area (Å²) >= 11 is 1.19. The van der Waals surface area contributed by atoms with Gasteiger partial charge < -0.3 is 19.2 Å². The molecule has 3 rings (SSSR count). The highest BCUT2D eigenvalue weighted by Crippen LogP contribution is 2.26. The summed E-state index contributed by atoms with van der Waals surface area (Å²) in [5.74, 6) is 1.88. The molecule has 146 valence electrons. The maximum Gasteiger partial charge on any atom is 0.277 e. The van der Waals surface area contributed by atoms with Gasteiger partial charge in [-0.2, -0.15) is 0 Å². The van der Waals surface area contributed by atoms with Crippen LogP contribution in [0.15, 0.2) is 52.1 Å². The highest BCUT2D eigenvalue weighted by atomic mass is 32.2. The summed E-state index contributed by atoms with van der Waals surface area (Å²) in [7, 11) is 3.19. The van der Waals surface area contributed by atoms with Gasteiger partial charge in [-0.05, 0) is 42.3 Å². The number of hydrogen-bond acceptors (Lipinski definition) is 7. The molecule has 28 heavy (non-hydrogen) atoms. The van der Waals surface area contributed by atoms with E-state index in [1.165, 1.54) is 11.8 Å². The maximum absolute atomic E-state index is 12.2. The van der Waals surface area contributed by atoms with Gasteiger partial charge in [0.2, 0.25) is 11.8 Å². The molecular weight excluding hydrogens is 378 g/mol. The third-order valence-electron chi connectivity index (χ3n) is 3.92. The van der Waals surface area contributed by atoms with Gasteiger partial charge in [0, 0.05) is 0 Å². The van der Waals surface area contributed by atoms with E-state index >= 15 is 0 Å². The lowest BCUT2D eigenvalue weighted by Crippen LogP contribution is -2.14. The Labute approximate surface area is 167 Å². The number of carbonyl (C=O) groups excluding carboxylic acids is 1. The van der Waals surface area contributed by atoms with E-state index in [4.69, 9.17) is 13.9 Å². The van der Waals surface area contributed by atoms with Crippen molar-refractivity contribution in [2.45, 2.75) is 18.6 Å². The molecule has 0 saturated heterocycles. The number of anilines is 1. The van der Waals surface area contributed by atoms with E-state index in [-0.39, 0.29) is 11.7 Å². The topological polar surface area (TPSA) is 86.5 Å². The van der Waals surface area contributed by atoms with Crippen molar-refractivity contribution in [1.82, 2.24) is 10.2 Å². The largest absolute Gasteiger partial charge is 0.497 e. The van der Waals surface area contributed by atoms with Gasteiger partial charge in [-0.15, -0.1) is 10.2 Å². The lowest BCUT2D eigenvalue weighted by Gasteiger charge is -2.10. The molecule has 1 aromatic heterocycles. The number of aromatic nitrogens is 2. The molecule has 0 fully saturated rings. The van der Waals surface area contributed by atoms with Crippen molar-refractivity contribution in [2.75, 3.05) is 25.3 Å². The van der Waals surface area contributed by atoms with E-state index in [0.717, 1.165) is 16.9 Å². The number of aryl methyl sites for hydroxylation is 1. The number of ether oxygens (including phenoxy) is 2. The predicted octanol–water partition coefficient (Wildman–Crippen LogP) is 3.72. The molecule has 0 radical (unpaired) electrons. The van der Waals surface area contributed by atoms with Crippen molar-refractivity contribution < 1.29 is 18.7 Å². The Balaban J connectivity index is 1.53. The van der Waals surface area contributed by atoms with Crippen LogP contribution in [0.1, 0.15) is 17.0 Å². The Kier molecular flexibility index (Phi) is 6.54. The van der Waals surface area contributed by atoms with Crippen LogP contribution in [0.2, 0.25) is 0 Å². The molecule has 1 N–H and O–H groups in total. The van der Waals surface area contributed by atoms with Gasteiger partial charge >= 0.3 is 0 Å². The number of thioether (sulfide) groups is 1. The highest BCUT2D eigenvalue weighted by molar-refractivity contribution is 7.99. The summed E-state index contributed by atoms with van der Waals surface area (Å²) in [5, 5.41) is 11.2. The SMILES string of the molecule is COc1ccc(Cc2nnc(SCC(=O)Nc3cc(C)ccc3OC)o2)cc1. The van der Waals surface area contributed by atoms with Gasteiger partial charge in [-0.25, -0.2) is 0 Å². The number of amides is 1. The standard InChI is InChI=1S/C20H21N3O4S/c1-13-4-9-17(26-3)16(10-13)21-18(24)12-28-20-23-22-19(27-20)11-14-5-7-15(25-2)8-6-14/h4-10H,11-12H2,1-3H3,(H,21,24). The van der Waals surface area contributed by atoms with Gasteiger partial charge in [0.05, 0.1) is 32.1 Å². The van der Waals surface area contributed by atoms with Gasteiger partial charge in [0.25, 0.3) is 5.22 Å². The molecule has 0 saturated carbocycles. The molecule has 1 heterocycles. The second-order valence-corrected chi connectivity index (χ2v) is 6.95. The summed E-state index contributed by atoms with van der Waals surface area (Å²) in [6.45, 7) is 1.95. The van der Waals surface area contributed by atoms with Crippen molar-refractivity contribution >= 4 is 23.4 Å². The summed E-state index contributed by atoms with van der Waals surface area (Å²) < 4.78 is 16.0. The lowest BCUT2D eigenvalue weighted by atomic mass is 10.1. The van der Waals surface area contributed by atoms with Crippen molar-refractivity contribution in [1.29, 1.82) is 0 Å². The Morgan fingerprint density at radius 1 is 1.11 bits per heavy atom. The zero-order valence-electron chi connectivity index (χ0n) is 15.9. The number of carbonyl (C=O) groups is 1. The van der Waals surface area contributed by atoms with E-state index in [9.17, 15) is 4.79 Å². The molecule has 0 unspecified atom stereocenters. The molecule has 1 amide bonds. The zero-order valence-corrected chi connectivity index (χ0v) is 16.7. The molecule has 8 heteroatoms. The van der Waals surface area contributed by atoms with E-state index in [0.29, 0.717) is 29.0 Å². The van der Waals surface area contributed by atoms with E-state index in [1.54, 1.807) is 14.2 Å². The summed E-state index contributed by atoms with van der Waals surface area (Å²) in [6.07, 6.45) is 0.518. The third kappa shape index (κ3) is 5.26. The van der Waals surface area contributed by atoms with Crippen LogP contribution < -0.4 is 14.8 Å². The Morgan fingerprint density at radius 3 is 2.61 bits per heavy atom. The molecule has 3 aromatic rings. The fourth-order valence-corrected chi connectivity index (χ4v) is 3.10. The van der Waals surface area contributed by atoms with E-state index in [1.807, 2.05) is 49.4 Å². The summed E-state index contributed by atoms with van der Waals surface area (Å²) in [4.78, 5) is 12.2. The minimum atomic E-state index is -0.177. The first kappa shape index (κ1) is 19.8.